The van der Waals surface area contributed by atoms with Gasteiger partial charge in [-0.25, -0.2) is 4.68 Å². The normalized spacial score (nSPS) is 20.9. The molecule has 24 heavy (non-hydrogen) atoms. The first kappa shape index (κ1) is 17.3. The Morgan fingerprint density at radius 2 is 2.08 bits per heavy atom. The van der Waals surface area contributed by atoms with Crippen molar-refractivity contribution in [3.05, 3.63) is 11.9 Å². The van der Waals surface area contributed by atoms with Gasteiger partial charge in [0.15, 0.2) is 5.69 Å². The Labute approximate surface area is 142 Å². The molecule has 1 aromatic rings. The number of nitrogens with one attached hydrogen (secondary N) is 2. The highest BCUT2D eigenvalue weighted by atomic mass is 16.5. The van der Waals surface area contributed by atoms with Gasteiger partial charge < -0.3 is 15.4 Å². The van der Waals surface area contributed by atoms with Crippen molar-refractivity contribution in [2.24, 2.45) is 0 Å². The van der Waals surface area contributed by atoms with E-state index in [0.29, 0.717) is 18.3 Å². The maximum Gasteiger partial charge on any atom is 0.273 e. The molecule has 0 saturated carbocycles. The number of hydrogen-bond donors (Lipinski definition) is 2. The fourth-order valence-electron chi connectivity index (χ4n) is 3.30. The number of aromatic nitrogens is 3. The Balaban J connectivity index is 1.53. The Bertz CT molecular complexity index is 547. The number of amides is 1. The number of morpholine rings is 1. The summed E-state index contributed by atoms with van der Waals surface area (Å²) in [4.78, 5) is 14.7. The number of nitrogens with zero attached hydrogens (tertiary/aromatic N) is 4. The van der Waals surface area contributed by atoms with Crippen molar-refractivity contribution in [3.8, 4) is 0 Å². The highest BCUT2D eigenvalue weighted by Gasteiger charge is 2.29. The molecule has 0 aliphatic carbocycles. The quantitative estimate of drug-likeness (QED) is 0.790. The molecule has 8 nitrogen and oxygen atoms in total. The molecule has 2 aliphatic rings. The van der Waals surface area contributed by atoms with Crippen LogP contribution in [0, 0.1) is 0 Å². The number of hydrogen-bond acceptors (Lipinski definition) is 6. The van der Waals surface area contributed by atoms with Gasteiger partial charge in [0.2, 0.25) is 0 Å². The van der Waals surface area contributed by atoms with E-state index in [4.69, 9.17) is 4.74 Å². The lowest BCUT2D eigenvalue weighted by atomic mass is 10.0. The van der Waals surface area contributed by atoms with Gasteiger partial charge in [0.1, 0.15) is 0 Å². The molecule has 2 aliphatic heterocycles. The molecule has 1 aromatic heterocycles. The van der Waals surface area contributed by atoms with Crippen LogP contribution in [0.4, 0.5) is 0 Å². The molecule has 0 bridgehead atoms. The fraction of sp³-hybridized carbons (Fsp3) is 0.812. The third kappa shape index (κ3) is 4.12. The summed E-state index contributed by atoms with van der Waals surface area (Å²) >= 11 is 0. The second-order valence-electron chi connectivity index (χ2n) is 7.16. The van der Waals surface area contributed by atoms with Crippen LogP contribution in [0.3, 0.4) is 0 Å². The van der Waals surface area contributed by atoms with Gasteiger partial charge >= 0.3 is 0 Å². The maximum atomic E-state index is 12.4. The molecule has 1 amide bonds. The van der Waals surface area contributed by atoms with Crippen LogP contribution in [-0.4, -0.2) is 77.3 Å². The van der Waals surface area contributed by atoms with Crippen molar-refractivity contribution in [3.63, 3.8) is 0 Å². The summed E-state index contributed by atoms with van der Waals surface area (Å²) < 4.78 is 7.23. The minimum atomic E-state index is -0.156. The van der Waals surface area contributed by atoms with Crippen LogP contribution >= 0.6 is 0 Å². The molecule has 2 saturated heterocycles. The third-order valence-corrected chi connectivity index (χ3v) is 4.97. The summed E-state index contributed by atoms with van der Waals surface area (Å²) in [5.74, 6) is -0.156. The van der Waals surface area contributed by atoms with Gasteiger partial charge in [-0.1, -0.05) is 5.21 Å². The van der Waals surface area contributed by atoms with E-state index in [1.807, 2.05) is 4.68 Å². The fourth-order valence-corrected chi connectivity index (χ4v) is 3.30. The van der Waals surface area contributed by atoms with Gasteiger partial charge in [0.05, 0.1) is 25.5 Å². The predicted octanol–water partition coefficient (Wildman–Crippen LogP) is 0.0432. The molecule has 0 atom stereocenters. The van der Waals surface area contributed by atoms with Gasteiger partial charge in [-0.05, 0) is 39.8 Å². The largest absolute Gasteiger partial charge is 0.379 e. The van der Waals surface area contributed by atoms with Gasteiger partial charge in [-0.15, -0.1) is 5.10 Å². The number of carbonyl (C=O) groups excluding carboxylic acids is 1. The van der Waals surface area contributed by atoms with Gasteiger partial charge in [-0.3, -0.25) is 9.69 Å². The lowest BCUT2D eigenvalue weighted by molar-refractivity contribution is -0.00924. The summed E-state index contributed by atoms with van der Waals surface area (Å²) in [6, 6.07) is 0.338. The molecule has 8 heteroatoms. The summed E-state index contributed by atoms with van der Waals surface area (Å²) in [6.45, 7) is 10.1. The van der Waals surface area contributed by atoms with E-state index in [-0.39, 0.29) is 11.4 Å². The average Bonchev–Trinajstić information content (AvgIpc) is 3.11. The average molecular weight is 336 g/mol. The Morgan fingerprint density at radius 1 is 1.38 bits per heavy atom. The maximum absolute atomic E-state index is 12.4. The Hall–Kier alpha value is -1.51. The zero-order chi connectivity index (χ0) is 17.0. The molecule has 134 valence electrons. The SMILES string of the molecule is CC(C)(CNC(=O)c1cn(C2CCNCC2)nn1)N1CCOCC1. The van der Waals surface area contributed by atoms with Crippen molar-refractivity contribution in [2.45, 2.75) is 38.3 Å². The van der Waals surface area contributed by atoms with E-state index in [1.54, 1.807) is 6.20 Å². The Morgan fingerprint density at radius 3 is 2.79 bits per heavy atom. The van der Waals surface area contributed by atoms with Crippen LogP contribution in [0.15, 0.2) is 6.20 Å². The predicted molar refractivity (Wildman–Crippen MR) is 90.0 cm³/mol. The topological polar surface area (TPSA) is 84.3 Å². The number of carbonyl (C=O) groups is 1. The highest BCUT2D eigenvalue weighted by Crippen LogP contribution is 2.18. The monoisotopic (exact) mass is 336 g/mol. The molecule has 2 fully saturated rings. The van der Waals surface area contributed by atoms with E-state index in [0.717, 1.165) is 52.2 Å². The summed E-state index contributed by atoms with van der Waals surface area (Å²) in [5.41, 5.74) is 0.288. The standard InChI is InChI=1S/C16H28N6O2/c1-16(2,21-7-9-24-10-8-21)12-18-15(23)14-11-22(20-19-14)13-3-5-17-6-4-13/h11,13,17H,3-10,12H2,1-2H3,(H,18,23). The van der Waals surface area contributed by atoms with Crippen molar-refractivity contribution in [1.29, 1.82) is 0 Å². The lowest BCUT2D eigenvalue weighted by Crippen LogP contribution is -2.55. The second-order valence-corrected chi connectivity index (χ2v) is 7.16. The molecule has 0 radical (unpaired) electrons. The van der Waals surface area contributed by atoms with Crippen molar-refractivity contribution >= 4 is 5.91 Å². The van der Waals surface area contributed by atoms with Crippen LogP contribution in [0.2, 0.25) is 0 Å². The van der Waals surface area contributed by atoms with E-state index in [2.05, 4.69) is 39.7 Å². The summed E-state index contributed by atoms with van der Waals surface area (Å²) in [5, 5.41) is 14.5. The number of piperidine rings is 1. The third-order valence-electron chi connectivity index (χ3n) is 4.97. The molecule has 3 heterocycles. The Kier molecular flexibility index (Phi) is 5.47. The van der Waals surface area contributed by atoms with Crippen LogP contribution in [-0.2, 0) is 4.74 Å². The van der Waals surface area contributed by atoms with Crippen LogP contribution in [0.1, 0.15) is 43.2 Å². The van der Waals surface area contributed by atoms with Gasteiger partial charge in [0.25, 0.3) is 5.91 Å². The zero-order valence-electron chi connectivity index (χ0n) is 14.6. The molecule has 0 spiro atoms. The van der Waals surface area contributed by atoms with Crippen LogP contribution in [0.5, 0.6) is 0 Å². The van der Waals surface area contributed by atoms with E-state index >= 15 is 0 Å². The van der Waals surface area contributed by atoms with Gasteiger partial charge in [0, 0.05) is 25.2 Å². The summed E-state index contributed by atoms with van der Waals surface area (Å²) in [7, 11) is 0. The first-order valence-electron chi connectivity index (χ1n) is 8.80. The van der Waals surface area contributed by atoms with Crippen molar-refractivity contribution < 1.29 is 9.53 Å². The minimum absolute atomic E-state index is 0.107. The first-order chi connectivity index (χ1) is 11.6. The van der Waals surface area contributed by atoms with E-state index in [1.165, 1.54) is 0 Å². The van der Waals surface area contributed by atoms with Crippen molar-refractivity contribution in [1.82, 2.24) is 30.5 Å². The lowest BCUT2D eigenvalue weighted by Gasteiger charge is -2.40. The molecule has 0 aromatic carbocycles. The van der Waals surface area contributed by atoms with Crippen LogP contribution < -0.4 is 10.6 Å². The van der Waals surface area contributed by atoms with E-state index in [9.17, 15) is 4.79 Å². The molecule has 2 N–H and O–H groups in total. The van der Waals surface area contributed by atoms with Gasteiger partial charge in [-0.2, -0.15) is 0 Å². The first-order valence-corrected chi connectivity index (χ1v) is 8.80. The van der Waals surface area contributed by atoms with Crippen LogP contribution in [0.25, 0.3) is 0 Å². The minimum Gasteiger partial charge on any atom is -0.379 e. The van der Waals surface area contributed by atoms with E-state index < -0.39 is 0 Å². The second kappa shape index (κ2) is 7.58. The van der Waals surface area contributed by atoms with Crippen molar-refractivity contribution in [2.75, 3.05) is 45.9 Å². The number of rotatable bonds is 5. The number of ether oxygens (including phenoxy) is 1. The molecule has 0 unspecified atom stereocenters. The molecule has 3 rings (SSSR count). The highest BCUT2D eigenvalue weighted by molar-refractivity contribution is 5.91. The smallest absolute Gasteiger partial charge is 0.273 e. The molecular weight excluding hydrogens is 308 g/mol. The summed E-state index contributed by atoms with van der Waals surface area (Å²) in [6.07, 6.45) is 3.82. The zero-order valence-corrected chi connectivity index (χ0v) is 14.6. The molecular formula is C16H28N6O2.